The van der Waals surface area contributed by atoms with Crippen LogP contribution in [0.4, 0.5) is 10.5 Å². The van der Waals surface area contributed by atoms with Crippen molar-refractivity contribution in [3.8, 4) is 11.5 Å². The average molecular weight is 436 g/mol. The van der Waals surface area contributed by atoms with Gasteiger partial charge in [0.25, 0.3) is 0 Å². The molecule has 9 heteroatoms. The van der Waals surface area contributed by atoms with Gasteiger partial charge in [0.2, 0.25) is 0 Å². The van der Waals surface area contributed by atoms with E-state index in [1.807, 2.05) is 12.1 Å². The van der Waals surface area contributed by atoms with Gasteiger partial charge in [0.05, 0.1) is 38.9 Å². The van der Waals surface area contributed by atoms with Crippen molar-refractivity contribution in [2.75, 3.05) is 33.2 Å². The number of aromatic amines is 1. The first-order valence-corrected chi connectivity index (χ1v) is 10.1. The number of esters is 1. The Morgan fingerprint density at radius 2 is 1.94 bits per heavy atom. The zero-order valence-electron chi connectivity index (χ0n) is 18.0. The monoisotopic (exact) mass is 436 g/mol. The summed E-state index contributed by atoms with van der Waals surface area (Å²) in [4.78, 5) is 34.6. The van der Waals surface area contributed by atoms with Gasteiger partial charge in [-0.1, -0.05) is 18.2 Å². The topological polar surface area (TPSA) is 106 Å². The van der Waals surface area contributed by atoms with E-state index in [1.165, 1.54) is 7.11 Å². The zero-order chi connectivity index (χ0) is 22.7. The van der Waals surface area contributed by atoms with Crippen LogP contribution < -0.4 is 14.8 Å². The van der Waals surface area contributed by atoms with Crippen LogP contribution in [0.25, 0.3) is 0 Å². The molecule has 1 atom stereocenters. The number of H-pyrrole nitrogens is 1. The highest BCUT2D eigenvalue weighted by atomic mass is 16.5. The largest absolute Gasteiger partial charge is 0.493 e. The van der Waals surface area contributed by atoms with E-state index < -0.39 is 12.0 Å². The first kappa shape index (κ1) is 21.2. The number of methoxy groups -OCH3 is 3. The van der Waals surface area contributed by atoms with Crippen molar-refractivity contribution < 1.29 is 23.8 Å². The number of nitrogens with zero attached hydrogens (tertiary/aromatic N) is 2. The molecular formula is C23H24N4O5. The fourth-order valence-electron chi connectivity index (χ4n) is 3.97. The Kier molecular flexibility index (Phi) is 5.98. The number of urea groups is 1. The zero-order valence-corrected chi connectivity index (χ0v) is 18.0. The van der Waals surface area contributed by atoms with Crippen LogP contribution in [0.5, 0.6) is 11.5 Å². The van der Waals surface area contributed by atoms with E-state index in [-0.39, 0.29) is 6.03 Å². The highest BCUT2D eigenvalue weighted by molar-refractivity contribution is 5.94. The summed E-state index contributed by atoms with van der Waals surface area (Å²) < 4.78 is 15.9. The molecule has 0 saturated heterocycles. The number of carbonyl (C=O) groups is 2. The minimum atomic E-state index is -0.487. The lowest BCUT2D eigenvalue weighted by Crippen LogP contribution is -2.43. The molecule has 2 amide bonds. The minimum absolute atomic E-state index is 0.324. The number of anilines is 1. The van der Waals surface area contributed by atoms with Crippen molar-refractivity contribution in [3.05, 3.63) is 71.3 Å². The average Bonchev–Trinajstić information content (AvgIpc) is 3.31. The van der Waals surface area contributed by atoms with E-state index in [4.69, 9.17) is 14.2 Å². The van der Waals surface area contributed by atoms with Gasteiger partial charge in [-0.3, -0.25) is 0 Å². The van der Waals surface area contributed by atoms with E-state index in [0.29, 0.717) is 35.7 Å². The molecule has 2 aromatic carbocycles. The predicted molar refractivity (Wildman–Crippen MR) is 117 cm³/mol. The van der Waals surface area contributed by atoms with Gasteiger partial charge in [-0.15, -0.1) is 0 Å². The fraction of sp³-hybridized carbons (Fsp3) is 0.261. The summed E-state index contributed by atoms with van der Waals surface area (Å²) in [6, 6.07) is 11.4. The molecule has 0 aliphatic carbocycles. The van der Waals surface area contributed by atoms with E-state index in [9.17, 15) is 9.59 Å². The predicted octanol–water partition coefficient (Wildman–Crippen LogP) is 3.39. The second kappa shape index (κ2) is 9.01. The summed E-state index contributed by atoms with van der Waals surface area (Å²) >= 11 is 0. The molecule has 0 fully saturated rings. The van der Waals surface area contributed by atoms with Gasteiger partial charge >= 0.3 is 12.0 Å². The molecule has 32 heavy (non-hydrogen) atoms. The highest BCUT2D eigenvalue weighted by Gasteiger charge is 2.36. The lowest BCUT2D eigenvalue weighted by Gasteiger charge is -2.36. The Bertz CT molecular complexity index is 1140. The van der Waals surface area contributed by atoms with E-state index >= 15 is 0 Å². The van der Waals surface area contributed by atoms with E-state index in [0.717, 1.165) is 17.0 Å². The van der Waals surface area contributed by atoms with Crippen LogP contribution in [0.2, 0.25) is 0 Å². The van der Waals surface area contributed by atoms with Crippen molar-refractivity contribution in [2.24, 2.45) is 0 Å². The number of fused-ring (bicyclic) bond motifs is 1. The van der Waals surface area contributed by atoms with Crippen LogP contribution in [0.1, 0.15) is 33.4 Å². The van der Waals surface area contributed by atoms with Crippen LogP contribution in [0.3, 0.4) is 0 Å². The van der Waals surface area contributed by atoms with Gasteiger partial charge in [-0.05, 0) is 24.3 Å². The normalized spacial score (nSPS) is 15.0. The molecule has 3 aromatic rings. The summed E-state index contributed by atoms with van der Waals surface area (Å²) in [5.74, 6) is 0.638. The van der Waals surface area contributed by atoms with Gasteiger partial charge in [-0.25, -0.2) is 14.6 Å². The molecule has 1 aromatic heterocycles. The molecule has 0 bridgehead atoms. The Labute approximate surface area is 185 Å². The Morgan fingerprint density at radius 1 is 1.12 bits per heavy atom. The van der Waals surface area contributed by atoms with Gasteiger partial charge in [0, 0.05) is 29.9 Å². The number of para-hydroxylation sites is 1. The molecule has 166 valence electrons. The molecular weight excluding hydrogens is 412 g/mol. The maximum Gasteiger partial charge on any atom is 0.337 e. The van der Waals surface area contributed by atoms with Crippen molar-refractivity contribution in [3.63, 3.8) is 0 Å². The summed E-state index contributed by atoms with van der Waals surface area (Å²) in [5.41, 5.74) is 3.32. The highest BCUT2D eigenvalue weighted by Crippen LogP contribution is 2.42. The number of imidazole rings is 1. The smallest absolute Gasteiger partial charge is 0.337 e. The maximum absolute atomic E-state index is 13.4. The number of carbonyl (C=O) groups excluding carboxylic acids is 2. The van der Waals surface area contributed by atoms with Crippen LogP contribution in [0.15, 0.2) is 48.8 Å². The van der Waals surface area contributed by atoms with Crippen LogP contribution in [0, 0.1) is 0 Å². The second-order valence-corrected chi connectivity index (χ2v) is 7.20. The van der Waals surface area contributed by atoms with Gasteiger partial charge in [0.1, 0.15) is 6.04 Å². The number of rotatable bonds is 5. The SMILES string of the molecule is COC(=O)c1cccc(NC(=O)N2CCc3[nH]cnc3[C@H]2c2cccc(OC)c2OC)c1. The lowest BCUT2D eigenvalue weighted by molar-refractivity contribution is 0.0600. The molecule has 1 aliphatic rings. The van der Waals surface area contributed by atoms with Crippen molar-refractivity contribution in [1.29, 1.82) is 0 Å². The number of amides is 2. The Morgan fingerprint density at radius 3 is 2.69 bits per heavy atom. The molecule has 1 aliphatic heterocycles. The maximum atomic E-state index is 13.4. The second-order valence-electron chi connectivity index (χ2n) is 7.20. The number of hydrogen-bond acceptors (Lipinski definition) is 6. The number of hydrogen-bond donors (Lipinski definition) is 2. The number of benzene rings is 2. The number of ether oxygens (including phenoxy) is 3. The van der Waals surface area contributed by atoms with Crippen LogP contribution in [-0.2, 0) is 11.2 Å². The van der Waals surface area contributed by atoms with E-state index in [1.54, 1.807) is 55.8 Å². The Hall–Kier alpha value is -4.01. The molecule has 2 N–H and O–H groups in total. The third kappa shape index (κ3) is 3.84. The third-order valence-corrected chi connectivity index (χ3v) is 5.45. The summed E-state index contributed by atoms with van der Waals surface area (Å²) in [7, 11) is 4.45. The molecule has 0 radical (unpaired) electrons. The van der Waals surface area contributed by atoms with Gasteiger partial charge in [0.15, 0.2) is 11.5 Å². The lowest BCUT2D eigenvalue weighted by atomic mass is 9.95. The summed E-state index contributed by atoms with van der Waals surface area (Å²) in [6.45, 7) is 0.461. The van der Waals surface area contributed by atoms with Crippen LogP contribution >= 0.6 is 0 Å². The first-order valence-electron chi connectivity index (χ1n) is 10.1. The molecule has 9 nitrogen and oxygen atoms in total. The third-order valence-electron chi connectivity index (χ3n) is 5.45. The summed E-state index contributed by atoms with van der Waals surface area (Å²) in [5, 5.41) is 2.89. The quantitative estimate of drug-likeness (QED) is 0.594. The molecule has 0 spiro atoms. The van der Waals surface area contributed by atoms with Crippen molar-refractivity contribution in [2.45, 2.75) is 12.5 Å². The first-order chi connectivity index (χ1) is 15.6. The molecule has 0 unspecified atom stereocenters. The molecule has 4 rings (SSSR count). The molecule has 0 saturated carbocycles. The Balaban J connectivity index is 1.71. The number of aromatic nitrogens is 2. The minimum Gasteiger partial charge on any atom is -0.493 e. The van der Waals surface area contributed by atoms with Crippen molar-refractivity contribution in [1.82, 2.24) is 14.9 Å². The standard InChI is InChI=1S/C23H24N4O5/c1-30-18-9-5-8-16(21(18)31-2)20-19-17(24-13-25-19)10-11-27(20)23(29)26-15-7-4-6-14(12-15)22(28)32-3/h4-9,12-13,20H,10-11H2,1-3H3,(H,24,25)(H,26,29)/t20-/m1/s1. The molecule has 2 heterocycles. The van der Waals surface area contributed by atoms with Crippen LogP contribution in [-0.4, -0.2) is 54.7 Å². The van der Waals surface area contributed by atoms with Gasteiger partial charge in [-0.2, -0.15) is 0 Å². The van der Waals surface area contributed by atoms with E-state index in [2.05, 4.69) is 15.3 Å². The van der Waals surface area contributed by atoms with Gasteiger partial charge < -0.3 is 29.4 Å². The fourth-order valence-corrected chi connectivity index (χ4v) is 3.97. The number of nitrogens with one attached hydrogen (secondary N) is 2. The summed E-state index contributed by atoms with van der Waals surface area (Å²) in [6.07, 6.45) is 2.26. The van der Waals surface area contributed by atoms with Crippen molar-refractivity contribution >= 4 is 17.7 Å².